The fraction of sp³-hybridized carbons (Fsp3) is 0.533. The highest BCUT2D eigenvalue weighted by atomic mass is 35.5. The van der Waals surface area contributed by atoms with Crippen LogP contribution in [0.2, 0.25) is 5.02 Å². The van der Waals surface area contributed by atoms with Crippen molar-refractivity contribution in [3.63, 3.8) is 0 Å². The van der Waals surface area contributed by atoms with Crippen molar-refractivity contribution in [2.75, 3.05) is 19.6 Å². The van der Waals surface area contributed by atoms with E-state index in [1.807, 2.05) is 29.2 Å². The summed E-state index contributed by atoms with van der Waals surface area (Å²) in [6.45, 7) is 2.48. The molecule has 1 aromatic carbocycles. The first kappa shape index (κ1) is 14.4. The predicted octanol–water partition coefficient (Wildman–Crippen LogP) is 2.47. The van der Waals surface area contributed by atoms with Crippen LogP contribution in [0.1, 0.15) is 24.8 Å². The van der Waals surface area contributed by atoms with E-state index in [9.17, 15) is 4.79 Å². The number of piperidine rings is 1. The predicted molar refractivity (Wildman–Crippen MR) is 78.1 cm³/mol. The summed E-state index contributed by atoms with van der Waals surface area (Å²) in [6.07, 6.45) is 3.69. The highest BCUT2D eigenvalue weighted by Gasteiger charge is 2.22. The van der Waals surface area contributed by atoms with Crippen LogP contribution in [0.3, 0.4) is 0 Å². The van der Waals surface area contributed by atoms with E-state index in [-0.39, 0.29) is 5.91 Å². The van der Waals surface area contributed by atoms with Crippen molar-refractivity contribution >= 4 is 17.5 Å². The zero-order valence-electron chi connectivity index (χ0n) is 11.1. The van der Waals surface area contributed by atoms with Crippen LogP contribution < -0.4 is 5.73 Å². The smallest absolute Gasteiger partial charge is 0.226 e. The Morgan fingerprint density at radius 3 is 2.74 bits per heavy atom. The molecule has 0 spiro atoms. The molecule has 3 nitrogen and oxygen atoms in total. The Hall–Kier alpha value is -1.06. The van der Waals surface area contributed by atoms with Gasteiger partial charge in [0.2, 0.25) is 5.91 Å². The van der Waals surface area contributed by atoms with Crippen molar-refractivity contribution < 1.29 is 4.79 Å². The van der Waals surface area contributed by atoms with Crippen LogP contribution in [0.4, 0.5) is 0 Å². The van der Waals surface area contributed by atoms with Crippen molar-refractivity contribution in [1.82, 2.24) is 4.90 Å². The number of halogens is 1. The van der Waals surface area contributed by atoms with Crippen molar-refractivity contribution in [3.05, 3.63) is 34.9 Å². The molecule has 0 saturated carbocycles. The zero-order valence-corrected chi connectivity index (χ0v) is 11.9. The Kier molecular flexibility index (Phi) is 5.23. The summed E-state index contributed by atoms with van der Waals surface area (Å²) in [4.78, 5) is 14.2. The minimum Gasteiger partial charge on any atom is -0.342 e. The van der Waals surface area contributed by atoms with Crippen molar-refractivity contribution in [1.29, 1.82) is 0 Å². The van der Waals surface area contributed by atoms with Gasteiger partial charge in [-0.25, -0.2) is 0 Å². The van der Waals surface area contributed by atoms with Crippen LogP contribution in [0.15, 0.2) is 24.3 Å². The molecule has 1 heterocycles. The van der Waals surface area contributed by atoms with Crippen LogP contribution in [0.25, 0.3) is 0 Å². The second-order valence-electron chi connectivity index (χ2n) is 5.21. The Labute approximate surface area is 119 Å². The molecule has 0 radical (unpaired) electrons. The highest BCUT2D eigenvalue weighted by Crippen LogP contribution is 2.20. The molecule has 1 amide bonds. The number of nitrogens with two attached hydrogens (primary N) is 1. The molecule has 0 aromatic heterocycles. The van der Waals surface area contributed by atoms with Gasteiger partial charge in [-0.3, -0.25) is 4.79 Å². The van der Waals surface area contributed by atoms with Crippen LogP contribution in [-0.4, -0.2) is 30.4 Å². The van der Waals surface area contributed by atoms with Gasteiger partial charge in [-0.1, -0.05) is 23.7 Å². The molecule has 0 aliphatic carbocycles. The number of amides is 1. The normalized spacial score (nSPS) is 16.6. The van der Waals surface area contributed by atoms with E-state index < -0.39 is 0 Å². The van der Waals surface area contributed by atoms with E-state index in [2.05, 4.69) is 0 Å². The maximum absolute atomic E-state index is 12.2. The SMILES string of the molecule is NCCC1CCN(C(=O)Cc2cccc(Cl)c2)CC1. The molecule has 0 atom stereocenters. The Bertz CT molecular complexity index is 428. The molecule has 0 bridgehead atoms. The fourth-order valence-corrected chi connectivity index (χ4v) is 2.85. The summed E-state index contributed by atoms with van der Waals surface area (Å²) in [7, 11) is 0. The summed E-state index contributed by atoms with van der Waals surface area (Å²) in [5, 5.41) is 0.687. The molecule has 1 fully saturated rings. The summed E-state index contributed by atoms with van der Waals surface area (Å²) in [5.41, 5.74) is 6.56. The number of nitrogens with zero attached hydrogens (tertiary/aromatic N) is 1. The van der Waals surface area contributed by atoms with Crippen LogP contribution in [0, 0.1) is 5.92 Å². The lowest BCUT2D eigenvalue weighted by Gasteiger charge is -2.32. The standard InChI is InChI=1S/C15H21ClN2O/c16-14-3-1-2-13(10-14)11-15(19)18-8-5-12(4-7-17)6-9-18/h1-3,10,12H,4-9,11,17H2. The van der Waals surface area contributed by atoms with Gasteiger partial charge < -0.3 is 10.6 Å². The summed E-state index contributed by atoms with van der Waals surface area (Å²) >= 11 is 5.93. The van der Waals surface area contributed by atoms with Gasteiger partial charge in [0.15, 0.2) is 0 Å². The molecular formula is C15H21ClN2O. The Balaban J connectivity index is 1.84. The van der Waals surface area contributed by atoms with Crippen LogP contribution in [0.5, 0.6) is 0 Å². The number of benzene rings is 1. The van der Waals surface area contributed by atoms with Gasteiger partial charge in [0.1, 0.15) is 0 Å². The molecule has 0 unspecified atom stereocenters. The van der Waals surface area contributed by atoms with Gasteiger partial charge in [0.05, 0.1) is 6.42 Å². The average Bonchev–Trinajstić information content (AvgIpc) is 2.40. The number of hydrogen-bond acceptors (Lipinski definition) is 2. The minimum atomic E-state index is 0.202. The van der Waals surface area contributed by atoms with E-state index >= 15 is 0 Å². The topological polar surface area (TPSA) is 46.3 Å². The number of likely N-dealkylation sites (tertiary alicyclic amines) is 1. The first-order valence-electron chi connectivity index (χ1n) is 6.91. The molecule has 1 saturated heterocycles. The second kappa shape index (κ2) is 6.92. The fourth-order valence-electron chi connectivity index (χ4n) is 2.64. The average molecular weight is 281 g/mol. The number of carbonyl (C=O) groups excluding carboxylic acids is 1. The van der Waals surface area contributed by atoms with Gasteiger partial charge in [-0.2, -0.15) is 0 Å². The van der Waals surface area contributed by atoms with Gasteiger partial charge in [-0.15, -0.1) is 0 Å². The van der Waals surface area contributed by atoms with Gasteiger partial charge in [0.25, 0.3) is 0 Å². The first-order chi connectivity index (χ1) is 9.19. The first-order valence-corrected chi connectivity index (χ1v) is 7.29. The van der Waals surface area contributed by atoms with Crippen molar-refractivity contribution in [2.24, 2.45) is 11.7 Å². The van der Waals surface area contributed by atoms with E-state index in [1.165, 1.54) is 0 Å². The third kappa shape index (κ3) is 4.22. The van der Waals surface area contributed by atoms with E-state index in [4.69, 9.17) is 17.3 Å². The number of carbonyl (C=O) groups is 1. The molecule has 104 valence electrons. The summed E-state index contributed by atoms with van der Waals surface area (Å²) in [5.74, 6) is 0.897. The van der Waals surface area contributed by atoms with E-state index in [0.29, 0.717) is 17.4 Å². The minimum absolute atomic E-state index is 0.202. The van der Waals surface area contributed by atoms with Gasteiger partial charge in [0, 0.05) is 18.1 Å². The van der Waals surface area contributed by atoms with Gasteiger partial charge >= 0.3 is 0 Å². The van der Waals surface area contributed by atoms with Gasteiger partial charge in [-0.05, 0) is 49.4 Å². The third-order valence-electron chi connectivity index (χ3n) is 3.79. The lowest BCUT2D eigenvalue weighted by atomic mass is 9.93. The number of rotatable bonds is 4. The highest BCUT2D eigenvalue weighted by molar-refractivity contribution is 6.30. The molecular weight excluding hydrogens is 260 g/mol. The quantitative estimate of drug-likeness (QED) is 0.921. The van der Waals surface area contributed by atoms with Crippen molar-refractivity contribution in [3.8, 4) is 0 Å². The van der Waals surface area contributed by atoms with E-state index in [0.717, 1.165) is 44.5 Å². The summed E-state index contributed by atoms with van der Waals surface area (Å²) in [6, 6.07) is 7.53. The molecule has 2 N–H and O–H groups in total. The Morgan fingerprint density at radius 1 is 1.37 bits per heavy atom. The lowest BCUT2D eigenvalue weighted by molar-refractivity contribution is -0.131. The number of hydrogen-bond donors (Lipinski definition) is 1. The molecule has 1 aromatic rings. The second-order valence-corrected chi connectivity index (χ2v) is 5.64. The maximum Gasteiger partial charge on any atom is 0.226 e. The summed E-state index contributed by atoms with van der Waals surface area (Å²) < 4.78 is 0. The van der Waals surface area contributed by atoms with Crippen molar-refractivity contribution in [2.45, 2.75) is 25.7 Å². The Morgan fingerprint density at radius 2 is 2.11 bits per heavy atom. The molecule has 1 aliphatic rings. The largest absolute Gasteiger partial charge is 0.342 e. The lowest BCUT2D eigenvalue weighted by Crippen LogP contribution is -2.39. The maximum atomic E-state index is 12.2. The molecule has 4 heteroatoms. The zero-order chi connectivity index (χ0) is 13.7. The molecule has 1 aliphatic heterocycles. The monoisotopic (exact) mass is 280 g/mol. The molecule has 2 rings (SSSR count). The third-order valence-corrected chi connectivity index (χ3v) is 4.02. The molecule has 19 heavy (non-hydrogen) atoms. The van der Waals surface area contributed by atoms with Crippen LogP contribution in [-0.2, 0) is 11.2 Å². The van der Waals surface area contributed by atoms with Crippen LogP contribution >= 0.6 is 11.6 Å². The van der Waals surface area contributed by atoms with E-state index in [1.54, 1.807) is 0 Å².